The van der Waals surface area contributed by atoms with E-state index in [9.17, 15) is 4.79 Å². The van der Waals surface area contributed by atoms with Gasteiger partial charge in [-0.2, -0.15) is 0 Å². The number of rotatable bonds is 10. The first kappa shape index (κ1) is 16.4. The van der Waals surface area contributed by atoms with Crippen LogP contribution in [-0.4, -0.2) is 56.5 Å². The van der Waals surface area contributed by atoms with E-state index in [-0.39, 0.29) is 5.91 Å². The zero-order chi connectivity index (χ0) is 13.1. The van der Waals surface area contributed by atoms with E-state index < -0.39 is 0 Å². The lowest BCUT2D eigenvalue weighted by Crippen LogP contribution is -2.29. The molecule has 0 rings (SSSR count). The summed E-state index contributed by atoms with van der Waals surface area (Å²) in [6.07, 6.45) is 6.07. The number of unbranched alkanes of at least 4 members (excludes halogenated alkanes) is 3. The van der Waals surface area contributed by atoms with Crippen molar-refractivity contribution in [1.29, 1.82) is 0 Å². The maximum absolute atomic E-state index is 11.7. The number of hydrogen-bond donors (Lipinski definition) is 1. The Labute approximate surface area is 106 Å². The minimum absolute atomic E-state index is 0.275. The average molecular weight is 243 g/mol. The summed E-state index contributed by atoms with van der Waals surface area (Å²) >= 11 is 0. The van der Waals surface area contributed by atoms with Crippen LogP contribution in [0.1, 0.15) is 38.5 Å². The molecule has 0 atom stereocenters. The SMILES string of the molecule is CN(C)CCCN(C)C(=O)CCCCCCN. The van der Waals surface area contributed by atoms with Crippen LogP contribution in [0.4, 0.5) is 0 Å². The molecule has 4 nitrogen and oxygen atoms in total. The third-order valence-corrected chi connectivity index (χ3v) is 2.87. The molecule has 0 aliphatic rings. The molecule has 102 valence electrons. The van der Waals surface area contributed by atoms with E-state index in [1.54, 1.807) is 0 Å². The molecule has 0 fully saturated rings. The first-order valence-electron chi connectivity index (χ1n) is 6.66. The van der Waals surface area contributed by atoms with Gasteiger partial charge in [-0.15, -0.1) is 0 Å². The molecular formula is C13H29N3O. The second-order valence-electron chi connectivity index (χ2n) is 4.93. The molecule has 0 bridgehead atoms. The van der Waals surface area contributed by atoms with Crippen LogP contribution in [0, 0.1) is 0 Å². The number of nitrogens with zero attached hydrogens (tertiary/aromatic N) is 2. The monoisotopic (exact) mass is 243 g/mol. The lowest BCUT2D eigenvalue weighted by molar-refractivity contribution is -0.130. The van der Waals surface area contributed by atoms with Crippen molar-refractivity contribution in [2.45, 2.75) is 38.5 Å². The van der Waals surface area contributed by atoms with Crippen LogP contribution in [0.5, 0.6) is 0 Å². The zero-order valence-electron chi connectivity index (χ0n) is 11.7. The highest BCUT2D eigenvalue weighted by Crippen LogP contribution is 2.04. The maximum Gasteiger partial charge on any atom is 0.222 e. The van der Waals surface area contributed by atoms with Crippen LogP contribution in [0.25, 0.3) is 0 Å². The van der Waals surface area contributed by atoms with Crippen LogP contribution >= 0.6 is 0 Å². The van der Waals surface area contributed by atoms with Crippen molar-refractivity contribution in [2.24, 2.45) is 5.73 Å². The number of hydrogen-bond acceptors (Lipinski definition) is 3. The van der Waals surface area contributed by atoms with Gasteiger partial charge in [-0.3, -0.25) is 4.79 Å². The maximum atomic E-state index is 11.7. The highest BCUT2D eigenvalue weighted by Gasteiger charge is 2.07. The van der Waals surface area contributed by atoms with Crippen LogP contribution in [-0.2, 0) is 4.79 Å². The molecule has 1 amide bonds. The normalized spacial score (nSPS) is 10.9. The van der Waals surface area contributed by atoms with Crippen molar-refractivity contribution < 1.29 is 4.79 Å². The van der Waals surface area contributed by atoms with Gasteiger partial charge in [0.25, 0.3) is 0 Å². The fraction of sp³-hybridized carbons (Fsp3) is 0.923. The molecule has 0 radical (unpaired) electrons. The van der Waals surface area contributed by atoms with Gasteiger partial charge < -0.3 is 15.5 Å². The van der Waals surface area contributed by atoms with Gasteiger partial charge in [-0.05, 0) is 46.4 Å². The third kappa shape index (κ3) is 10.3. The van der Waals surface area contributed by atoms with E-state index in [1.165, 1.54) is 0 Å². The number of carbonyl (C=O) groups excluding carboxylic acids is 1. The predicted molar refractivity (Wildman–Crippen MR) is 72.9 cm³/mol. The van der Waals surface area contributed by atoms with E-state index in [0.717, 1.165) is 51.7 Å². The topological polar surface area (TPSA) is 49.6 Å². The molecule has 0 spiro atoms. The van der Waals surface area contributed by atoms with Crippen molar-refractivity contribution in [1.82, 2.24) is 9.80 Å². The second kappa shape index (κ2) is 10.5. The van der Waals surface area contributed by atoms with Gasteiger partial charge in [0.2, 0.25) is 5.91 Å². The highest BCUT2D eigenvalue weighted by molar-refractivity contribution is 5.75. The molecule has 4 heteroatoms. The lowest BCUT2D eigenvalue weighted by Gasteiger charge is -2.18. The molecule has 0 aliphatic carbocycles. The van der Waals surface area contributed by atoms with Crippen LogP contribution in [0.15, 0.2) is 0 Å². The predicted octanol–water partition coefficient (Wildman–Crippen LogP) is 1.31. The summed E-state index contributed by atoms with van der Waals surface area (Å²) < 4.78 is 0. The van der Waals surface area contributed by atoms with Crippen molar-refractivity contribution in [3.05, 3.63) is 0 Å². The van der Waals surface area contributed by atoms with E-state index in [0.29, 0.717) is 6.42 Å². The Morgan fingerprint density at radius 1 is 0.941 bits per heavy atom. The fourth-order valence-electron chi connectivity index (χ4n) is 1.71. The molecule has 17 heavy (non-hydrogen) atoms. The van der Waals surface area contributed by atoms with Gasteiger partial charge in [0.15, 0.2) is 0 Å². The zero-order valence-corrected chi connectivity index (χ0v) is 11.7. The Morgan fingerprint density at radius 3 is 2.18 bits per heavy atom. The summed E-state index contributed by atoms with van der Waals surface area (Å²) in [6.45, 7) is 2.66. The van der Waals surface area contributed by atoms with Gasteiger partial charge >= 0.3 is 0 Å². The first-order chi connectivity index (χ1) is 8.07. The summed E-state index contributed by atoms with van der Waals surface area (Å²) in [6, 6.07) is 0. The Morgan fingerprint density at radius 2 is 1.59 bits per heavy atom. The van der Waals surface area contributed by atoms with Crippen molar-refractivity contribution in [3.8, 4) is 0 Å². The van der Waals surface area contributed by atoms with Crippen LogP contribution < -0.4 is 5.73 Å². The molecular weight excluding hydrogens is 214 g/mol. The average Bonchev–Trinajstić information content (AvgIpc) is 2.27. The minimum atomic E-state index is 0.275. The summed E-state index contributed by atoms with van der Waals surface area (Å²) in [5.41, 5.74) is 5.42. The number of nitrogens with two attached hydrogens (primary N) is 1. The van der Waals surface area contributed by atoms with Crippen molar-refractivity contribution in [2.75, 3.05) is 40.8 Å². The molecule has 0 heterocycles. The van der Waals surface area contributed by atoms with Gasteiger partial charge in [0.05, 0.1) is 0 Å². The standard InChI is InChI=1S/C13H29N3O/c1-15(2)11-8-12-16(3)13(17)9-6-4-5-7-10-14/h4-12,14H2,1-3H3. The highest BCUT2D eigenvalue weighted by atomic mass is 16.2. The molecule has 0 saturated carbocycles. The summed E-state index contributed by atoms with van der Waals surface area (Å²) in [5, 5.41) is 0. The fourth-order valence-corrected chi connectivity index (χ4v) is 1.71. The summed E-state index contributed by atoms with van der Waals surface area (Å²) in [7, 11) is 6.01. The molecule has 0 aromatic rings. The third-order valence-electron chi connectivity index (χ3n) is 2.87. The molecule has 0 unspecified atom stereocenters. The van der Waals surface area contributed by atoms with E-state index in [1.807, 2.05) is 11.9 Å². The Balaban J connectivity index is 3.47. The van der Waals surface area contributed by atoms with E-state index in [2.05, 4.69) is 19.0 Å². The van der Waals surface area contributed by atoms with Crippen molar-refractivity contribution in [3.63, 3.8) is 0 Å². The number of carbonyl (C=O) groups is 1. The molecule has 0 aromatic heterocycles. The smallest absolute Gasteiger partial charge is 0.222 e. The molecule has 0 aliphatic heterocycles. The Kier molecular flexibility index (Phi) is 10.2. The number of amides is 1. The van der Waals surface area contributed by atoms with Crippen LogP contribution in [0.3, 0.4) is 0 Å². The quantitative estimate of drug-likeness (QED) is 0.589. The Bertz CT molecular complexity index is 195. The minimum Gasteiger partial charge on any atom is -0.346 e. The summed E-state index contributed by atoms with van der Waals surface area (Å²) in [5.74, 6) is 0.275. The molecule has 2 N–H and O–H groups in total. The van der Waals surface area contributed by atoms with E-state index in [4.69, 9.17) is 5.73 Å². The second-order valence-corrected chi connectivity index (χ2v) is 4.93. The first-order valence-corrected chi connectivity index (χ1v) is 6.66. The lowest BCUT2D eigenvalue weighted by atomic mass is 10.1. The molecule has 0 aromatic carbocycles. The van der Waals surface area contributed by atoms with E-state index >= 15 is 0 Å². The van der Waals surface area contributed by atoms with Gasteiger partial charge in [0.1, 0.15) is 0 Å². The largest absolute Gasteiger partial charge is 0.346 e. The van der Waals surface area contributed by atoms with Gasteiger partial charge in [-0.25, -0.2) is 0 Å². The van der Waals surface area contributed by atoms with Crippen molar-refractivity contribution >= 4 is 5.91 Å². The molecule has 0 saturated heterocycles. The summed E-state index contributed by atoms with van der Waals surface area (Å²) in [4.78, 5) is 15.7. The van der Waals surface area contributed by atoms with Gasteiger partial charge in [-0.1, -0.05) is 12.8 Å². The Hall–Kier alpha value is -0.610. The van der Waals surface area contributed by atoms with Crippen LogP contribution in [0.2, 0.25) is 0 Å². The van der Waals surface area contributed by atoms with Gasteiger partial charge in [0, 0.05) is 20.0 Å².